The van der Waals surface area contributed by atoms with Crippen molar-refractivity contribution < 1.29 is 86.8 Å². The third kappa shape index (κ3) is 118. The summed E-state index contributed by atoms with van der Waals surface area (Å²) in [4.78, 5) is 0. The summed E-state index contributed by atoms with van der Waals surface area (Å²) in [6, 6.07) is 0. The van der Waals surface area contributed by atoms with Gasteiger partial charge in [0.05, 0.1) is 0 Å². The largest absolute Gasteiger partial charge is 4.00 e. The topological polar surface area (TPSA) is 0 Å². The molecule has 56 valence electrons. The van der Waals surface area contributed by atoms with E-state index < -0.39 is 0 Å². The van der Waals surface area contributed by atoms with Gasteiger partial charge in [0.1, 0.15) is 0 Å². The Morgan fingerprint density at radius 1 is 0.333 bits per heavy atom. The van der Waals surface area contributed by atoms with E-state index in [1.165, 1.54) is 0 Å². The molecule has 0 N–H and O–H groups in total. The van der Waals surface area contributed by atoms with Crippen LogP contribution >= 0.6 is 0 Å². The van der Waals surface area contributed by atoms with E-state index in [0.29, 0.717) is 0 Å². The molecule has 0 amide bonds. The van der Waals surface area contributed by atoms with Crippen LogP contribution < -0.4 is 86.8 Å². The van der Waals surface area contributed by atoms with Crippen molar-refractivity contribution in [1.82, 2.24) is 0 Å². The third-order valence-electron chi connectivity index (χ3n) is 0. The zero-order valence-corrected chi connectivity index (χ0v) is 10.2. The summed E-state index contributed by atoms with van der Waals surface area (Å²) >= 11 is 0. The van der Waals surface area contributed by atoms with Gasteiger partial charge in [-0.05, 0) is 0 Å². The standard InChI is InChI=1S/C.Al.7ClH/h;;7*1H/q+4;+3;;;;;;;/p-7. The second kappa shape index (κ2) is 147. The van der Waals surface area contributed by atoms with Gasteiger partial charge in [0.15, 0.2) is 0 Å². The van der Waals surface area contributed by atoms with Gasteiger partial charge in [-0.3, -0.25) is 0 Å². The van der Waals surface area contributed by atoms with Gasteiger partial charge in [-0.25, -0.2) is 0 Å². The van der Waals surface area contributed by atoms with Crippen molar-refractivity contribution in [3.05, 3.63) is 7.43 Å². The molecule has 0 atom stereocenters. The first kappa shape index (κ1) is 196. The van der Waals surface area contributed by atoms with Crippen molar-refractivity contribution in [1.29, 1.82) is 0 Å². The molecule has 0 unspecified atom stereocenters. The molecule has 0 spiro atoms. The molecular formula is CAlCl7. The Bertz CT molecular complexity index is 8.88. The van der Waals surface area contributed by atoms with E-state index in [1.54, 1.807) is 0 Å². The van der Waals surface area contributed by atoms with Crippen LogP contribution in [0.2, 0.25) is 0 Å². The maximum Gasteiger partial charge on any atom is 4.00 e. The first-order chi connectivity index (χ1) is 0. The Kier molecular flexibility index (Phi) is 3210. The number of rotatable bonds is 0. The van der Waals surface area contributed by atoms with E-state index in [0.717, 1.165) is 0 Å². The average molecular weight is 287 g/mol. The number of hydrogen-bond donors (Lipinski definition) is 0. The molecule has 0 aromatic heterocycles. The summed E-state index contributed by atoms with van der Waals surface area (Å²) < 4.78 is 0. The minimum absolute atomic E-state index is 0. The van der Waals surface area contributed by atoms with E-state index in [4.69, 9.17) is 0 Å². The molecule has 0 radical (unpaired) electrons. The van der Waals surface area contributed by atoms with Crippen molar-refractivity contribution >= 4 is 17.4 Å². The van der Waals surface area contributed by atoms with Crippen molar-refractivity contribution in [2.24, 2.45) is 0 Å². The fraction of sp³-hybridized carbons (Fsp3) is 0. The maximum atomic E-state index is 0. The van der Waals surface area contributed by atoms with E-state index >= 15 is 0 Å². The van der Waals surface area contributed by atoms with Crippen molar-refractivity contribution in [2.45, 2.75) is 0 Å². The summed E-state index contributed by atoms with van der Waals surface area (Å²) in [5, 5.41) is 0. The first-order valence-electron chi connectivity index (χ1n) is 0. The Labute approximate surface area is 111 Å². The molecular weight excluding hydrogens is 287 g/mol. The summed E-state index contributed by atoms with van der Waals surface area (Å²) in [6.07, 6.45) is 0. The van der Waals surface area contributed by atoms with Crippen LogP contribution in [0.15, 0.2) is 0 Å². The van der Waals surface area contributed by atoms with Crippen LogP contribution in [0.5, 0.6) is 0 Å². The van der Waals surface area contributed by atoms with Gasteiger partial charge in [0, 0.05) is 0 Å². The summed E-state index contributed by atoms with van der Waals surface area (Å²) in [5.41, 5.74) is 0. The molecule has 0 aliphatic carbocycles. The van der Waals surface area contributed by atoms with Crippen molar-refractivity contribution in [3.8, 4) is 0 Å². The van der Waals surface area contributed by atoms with Crippen LogP contribution in [0.3, 0.4) is 0 Å². The molecule has 0 heterocycles. The Balaban J connectivity index is 0. The van der Waals surface area contributed by atoms with E-state index in [1.807, 2.05) is 0 Å². The Hall–Kier alpha value is 2.56. The van der Waals surface area contributed by atoms with Gasteiger partial charge in [0.25, 0.3) is 0 Å². The first-order valence-corrected chi connectivity index (χ1v) is 0. The third-order valence-corrected chi connectivity index (χ3v) is 0. The molecule has 0 saturated heterocycles. The van der Waals surface area contributed by atoms with E-state index in [-0.39, 0.29) is 112 Å². The smallest absolute Gasteiger partial charge is 1.00 e. The molecule has 0 aromatic rings. The maximum absolute atomic E-state index is 0. The van der Waals surface area contributed by atoms with E-state index in [2.05, 4.69) is 0 Å². The van der Waals surface area contributed by atoms with Gasteiger partial charge in [0.2, 0.25) is 0 Å². The second-order valence-electron chi connectivity index (χ2n) is 0. The van der Waals surface area contributed by atoms with Gasteiger partial charge >= 0.3 is 24.8 Å². The van der Waals surface area contributed by atoms with Gasteiger partial charge in [-0.2, -0.15) is 0 Å². The summed E-state index contributed by atoms with van der Waals surface area (Å²) in [5.74, 6) is 0. The molecule has 0 nitrogen and oxygen atoms in total. The molecule has 0 rings (SSSR count). The van der Waals surface area contributed by atoms with Crippen LogP contribution in [-0.2, 0) is 0 Å². The molecule has 0 bridgehead atoms. The molecule has 0 aromatic carbocycles. The molecule has 8 heteroatoms. The zero-order valence-electron chi connectivity index (χ0n) is 3.72. The van der Waals surface area contributed by atoms with Crippen molar-refractivity contribution in [3.63, 3.8) is 0 Å². The monoisotopic (exact) mass is 284 g/mol. The molecule has 0 aliphatic rings. The number of halogens is 7. The molecule has 9 heavy (non-hydrogen) atoms. The van der Waals surface area contributed by atoms with E-state index in [9.17, 15) is 0 Å². The second-order valence-corrected chi connectivity index (χ2v) is 0. The van der Waals surface area contributed by atoms with Gasteiger partial charge in [-0.1, -0.05) is 0 Å². The van der Waals surface area contributed by atoms with Gasteiger partial charge in [-0.15, -0.1) is 0 Å². The Morgan fingerprint density at radius 2 is 0.333 bits per heavy atom. The van der Waals surface area contributed by atoms with Crippen LogP contribution in [-0.4, -0.2) is 17.4 Å². The Morgan fingerprint density at radius 3 is 0.333 bits per heavy atom. The molecule has 0 fully saturated rings. The fourth-order valence-corrected chi connectivity index (χ4v) is 0. The normalized spacial score (nSPS) is 0. The molecule has 0 saturated carbocycles. The quantitative estimate of drug-likeness (QED) is 0.388. The van der Waals surface area contributed by atoms with Crippen molar-refractivity contribution in [2.75, 3.05) is 0 Å². The van der Waals surface area contributed by atoms with Crippen LogP contribution in [0.25, 0.3) is 0 Å². The zero-order chi connectivity index (χ0) is 0. The molecule has 0 aliphatic heterocycles. The minimum atomic E-state index is 0. The van der Waals surface area contributed by atoms with Crippen LogP contribution in [0.4, 0.5) is 0 Å². The SMILES string of the molecule is [Al+3].[C+4].[Cl-].[Cl-].[Cl-].[Cl-].[Cl-].[Cl-].[Cl-]. The predicted octanol–water partition coefficient (Wildman–Crippen LogP) is -21.3. The fourth-order valence-electron chi connectivity index (χ4n) is 0. The summed E-state index contributed by atoms with van der Waals surface area (Å²) in [7, 11) is 0. The van der Waals surface area contributed by atoms with Gasteiger partial charge < -0.3 is 86.8 Å². The minimum Gasteiger partial charge on any atom is -1.00 e. The van der Waals surface area contributed by atoms with Crippen LogP contribution in [0.1, 0.15) is 0 Å². The number of hydrogen-bond acceptors (Lipinski definition) is 0. The average Bonchev–Trinajstić information content (AvgIpc) is 0. The summed E-state index contributed by atoms with van der Waals surface area (Å²) in [6.45, 7) is 0. The van der Waals surface area contributed by atoms with Crippen LogP contribution in [0, 0.1) is 7.43 Å². The predicted molar refractivity (Wildman–Crippen MR) is 9.00 cm³/mol.